The Kier molecular flexibility index (Phi) is 57.8. The van der Waals surface area contributed by atoms with Gasteiger partial charge < -0.3 is 14.2 Å². The standard InChI is InChI=1S/C67H114O6/c1-4-7-10-13-16-18-20-22-24-25-26-27-28-29-30-31-32-33-34-35-36-37-38-39-40-41-42-43-44-46-47-49-51-54-57-60-66(69)72-63-64(62-71-65(68)59-56-53-15-12-9-6-3)73-67(70)61-58-55-52-50-48-45-23-21-19-17-14-11-8-5-2/h7,10,16,18,21-24,26-27,29-30,32-33,35-36,64H,4-6,8-9,11-15,17,19-20,25,28,31,34,37-63H2,1-3H3/b10-7-,18-16-,23-21-,24-22-,27-26-,30-29-,33-32-,36-35-. The number of ether oxygens (including phenoxy) is 3. The molecule has 6 heteroatoms. The van der Waals surface area contributed by atoms with E-state index in [4.69, 9.17) is 14.2 Å². The van der Waals surface area contributed by atoms with Crippen LogP contribution in [-0.2, 0) is 28.6 Å². The van der Waals surface area contributed by atoms with Gasteiger partial charge in [-0.3, -0.25) is 14.4 Å². The molecule has 0 aliphatic heterocycles. The van der Waals surface area contributed by atoms with E-state index in [9.17, 15) is 14.4 Å². The van der Waals surface area contributed by atoms with Crippen LogP contribution in [0.5, 0.6) is 0 Å². The van der Waals surface area contributed by atoms with Gasteiger partial charge in [-0.15, -0.1) is 0 Å². The van der Waals surface area contributed by atoms with Gasteiger partial charge >= 0.3 is 17.9 Å². The second-order valence-electron chi connectivity index (χ2n) is 20.2. The summed E-state index contributed by atoms with van der Waals surface area (Å²) >= 11 is 0. The van der Waals surface area contributed by atoms with Gasteiger partial charge in [0, 0.05) is 19.3 Å². The highest BCUT2D eigenvalue weighted by molar-refractivity contribution is 5.71. The van der Waals surface area contributed by atoms with Crippen LogP contribution in [-0.4, -0.2) is 37.2 Å². The Morgan fingerprint density at radius 1 is 0.288 bits per heavy atom. The maximum absolute atomic E-state index is 12.8. The van der Waals surface area contributed by atoms with Crippen LogP contribution < -0.4 is 0 Å². The third-order valence-corrected chi connectivity index (χ3v) is 13.1. The molecule has 0 aromatic heterocycles. The van der Waals surface area contributed by atoms with Crippen molar-refractivity contribution in [2.45, 2.75) is 297 Å². The van der Waals surface area contributed by atoms with Crippen molar-refractivity contribution >= 4 is 17.9 Å². The summed E-state index contributed by atoms with van der Waals surface area (Å²) in [5, 5.41) is 0. The molecule has 0 aliphatic rings. The first-order chi connectivity index (χ1) is 36.0. The van der Waals surface area contributed by atoms with Gasteiger partial charge in [-0.25, -0.2) is 0 Å². The number of rotatable bonds is 55. The first-order valence-corrected chi connectivity index (χ1v) is 30.7. The Labute approximate surface area is 451 Å². The van der Waals surface area contributed by atoms with E-state index < -0.39 is 6.10 Å². The summed E-state index contributed by atoms with van der Waals surface area (Å²) < 4.78 is 16.7. The summed E-state index contributed by atoms with van der Waals surface area (Å²) in [4.78, 5) is 37.9. The van der Waals surface area contributed by atoms with Gasteiger partial charge in [0.25, 0.3) is 0 Å². The maximum atomic E-state index is 12.8. The van der Waals surface area contributed by atoms with Gasteiger partial charge in [-0.1, -0.05) is 266 Å². The maximum Gasteiger partial charge on any atom is 0.306 e. The molecule has 0 saturated carbocycles. The van der Waals surface area contributed by atoms with Crippen molar-refractivity contribution in [1.82, 2.24) is 0 Å². The molecule has 0 saturated heterocycles. The van der Waals surface area contributed by atoms with E-state index in [2.05, 4.69) is 118 Å². The monoisotopic (exact) mass is 1010 g/mol. The van der Waals surface area contributed by atoms with E-state index >= 15 is 0 Å². The Bertz CT molecular complexity index is 1440. The highest BCUT2D eigenvalue weighted by atomic mass is 16.6. The Balaban J connectivity index is 4.00. The predicted molar refractivity (Wildman–Crippen MR) is 316 cm³/mol. The Hall–Kier alpha value is -3.67. The number of allylic oxidation sites excluding steroid dienone is 16. The van der Waals surface area contributed by atoms with Crippen LogP contribution >= 0.6 is 0 Å². The minimum Gasteiger partial charge on any atom is -0.462 e. The molecule has 0 N–H and O–H groups in total. The van der Waals surface area contributed by atoms with Crippen LogP contribution in [0.25, 0.3) is 0 Å². The average molecular weight is 1020 g/mol. The second kappa shape index (κ2) is 60.9. The smallest absolute Gasteiger partial charge is 0.306 e. The third-order valence-electron chi connectivity index (χ3n) is 13.1. The molecule has 0 fully saturated rings. The molecule has 6 nitrogen and oxygen atoms in total. The van der Waals surface area contributed by atoms with E-state index in [0.29, 0.717) is 19.3 Å². The van der Waals surface area contributed by atoms with Crippen LogP contribution in [0.2, 0.25) is 0 Å². The zero-order chi connectivity index (χ0) is 52.9. The molecule has 0 aliphatic carbocycles. The molecule has 0 rings (SSSR count). The first-order valence-electron chi connectivity index (χ1n) is 30.7. The van der Waals surface area contributed by atoms with Crippen molar-refractivity contribution in [2.24, 2.45) is 0 Å². The van der Waals surface area contributed by atoms with Gasteiger partial charge in [0.1, 0.15) is 13.2 Å². The molecule has 418 valence electrons. The second-order valence-corrected chi connectivity index (χ2v) is 20.2. The van der Waals surface area contributed by atoms with Gasteiger partial charge in [-0.05, 0) is 103 Å². The number of carbonyl (C=O) groups is 3. The van der Waals surface area contributed by atoms with Crippen molar-refractivity contribution in [1.29, 1.82) is 0 Å². The molecule has 0 aromatic rings. The fourth-order valence-corrected chi connectivity index (χ4v) is 8.48. The summed E-state index contributed by atoms with van der Waals surface area (Å²) in [6.07, 6.45) is 81.7. The number of carbonyl (C=O) groups excluding carboxylic acids is 3. The van der Waals surface area contributed by atoms with E-state index in [0.717, 1.165) is 116 Å². The minimum absolute atomic E-state index is 0.0783. The number of unbranched alkanes of at least 4 members (excludes halogenated alkanes) is 28. The Morgan fingerprint density at radius 2 is 0.534 bits per heavy atom. The average Bonchev–Trinajstić information content (AvgIpc) is 3.39. The Morgan fingerprint density at radius 3 is 0.849 bits per heavy atom. The lowest BCUT2D eigenvalue weighted by molar-refractivity contribution is -0.167. The predicted octanol–water partition coefficient (Wildman–Crippen LogP) is 20.9. The molecule has 0 radical (unpaired) electrons. The van der Waals surface area contributed by atoms with E-state index in [1.807, 2.05) is 0 Å². The number of hydrogen-bond donors (Lipinski definition) is 0. The van der Waals surface area contributed by atoms with Crippen LogP contribution in [0.1, 0.15) is 290 Å². The quantitative estimate of drug-likeness (QED) is 0.0261. The number of esters is 3. The SMILES string of the molecule is CC/C=C\C/C=C\C/C=C\C/C=C\C/C=C\C/C=C\C/C=C\CCCCCCCCCCCCCCCC(=O)OCC(COC(=O)CCCCCCCC)OC(=O)CCCCCCC/C=C\CCCCCCC. The van der Waals surface area contributed by atoms with Gasteiger partial charge in [0.05, 0.1) is 0 Å². The zero-order valence-corrected chi connectivity index (χ0v) is 47.9. The molecule has 1 atom stereocenters. The van der Waals surface area contributed by atoms with Crippen LogP contribution in [0.15, 0.2) is 97.2 Å². The van der Waals surface area contributed by atoms with E-state index in [1.54, 1.807) is 0 Å². The first kappa shape index (κ1) is 69.3. The third kappa shape index (κ3) is 59.1. The largest absolute Gasteiger partial charge is 0.462 e. The van der Waals surface area contributed by atoms with Crippen LogP contribution in [0, 0.1) is 0 Å². The van der Waals surface area contributed by atoms with Gasteiger partial charge in [0.2, 0.25) is 0 Å². The summed E-state index contributed by atoms with van der Waals surface area (Å²) in [6, 6.07) is 0. The molecule has 1 unspecified atom stereocenters. The summed E-state index contributed by atoms with van der Waals surface area (Å²) in [6.45, 7) is 6.46. The van der Waals surface area contributed by atoms with Crippen molar-refractivity contribution in [3.8, 4) is 0 Å². The molecule has 0 amide bonds. The van der Waals surface area contributed by atoms with Gasteiger partial charge in [-0.2, -0.15) is 0 Å². The molecule has 0 aromatic carbocycles. The van der Waals surface area contributed by atoms with E-state index in [1.165, 1.54) is 135 Å². The van der Waals surface area contributed by atoms with Gasteiger partial charge in [0.15, 0.2) is 6.10 Å². The fraction of sp³-hybridized carbons (Fsp3) is 0.716. The zero-order valence-electron chi connectivity index (χ0n) is 47.9. The summed E-state index contributed by atoms with van der Waals surface area (Å²) in [5.41, 5.74) is 0. The van der Waals surface area contributed by atoms with Crippen LogP contribution in [0.4, 0.5) is 0 Å². The molecular formula is C67H114O6. The van der Waals surface area contributed by atoms with Crippen molar-refractivity contribution in [3.63, 3.8) is 0 Å². The van der Waals surface area contributed by atoms with Crippen LogP contribution in [0.3, 0.4) is 0 Å². The summed E-state index contributed by atoms with van der Waals surface area (Å²) in [7, 11) is 0. The summed E-state index contributed by atoms with van der Waals surface area (Å²) in [5.74, 6) is -0.893. The highest BCUT2D eigenvalue weighted by Gasteiger charge is 2.19. The molecular weight excluding hydrogens is 901 g/mol. The van der Waals surface area contributed by atoms with Crippen molar-refractivity contribution in [3.05, 3.63) is 97.2 Å². The molecule has 73 heavy (non-hydrogen) atoms. The lowest BCUT2D eigenvalue weighted by Gasteiger charge is -2.18. The number of hydrogen-bond acceptors (Lipinski definition) is 6. The molecule has 0 heterocycles. The topological polar surface area (TPSA) is 78.9 Å². The highest BCUT2D eigenvalue weighted by Crippen LogP contribution is 2.16. The normalized spacial score (nSPS) is 12.8. The van der Waals surface area contributed by atoms with Crippen molar-refractivity contribution < 1.29 is 28.6 Å². The van der Waals surface area contributed by atoms with Crippen molar-refractivity contribution in [2.75, 3.05) is 13.2 Å². The molecule has 0 bridgehead atoms. The fourth-order valence-electron chi connectivity index (χ4n) is 8.48. The lowest BCUT2D eigenvalue weighted by atomic mass is 10.0. The van der Waals surface area contributed by atoms with E-state index in [-0.39, 0.29) is 31.1 Å². The molecule has 0 spiro atoms. The minimum atomic E-state index is -0.776. The lowest BCUT2D eigenvalue weighted by Crippen LogP contribution is -2.30.